The molecular formula is C13H19NO2S. The molecule has 0 aromatic heterocycles. The maximum atomic E-state index is 12.0. The summed E-state index contributed by atoms with van der Waals surface area (Å²) < 4.78 is 0. The number of aromatic hydroxyl groups is 1. The summed E-state index contributed by atoms with van der Waals surface area (Å²) in [6.45, 7) is 7.99. The number of phenols is 1. The first-order chi connectivity index (χ1) is 8.10. The Hall–Kier alpha value is -1.00. The molecule has 0 unspecified atom stereocenters. The van der Waals surface area contributed by atoms with Crippen LogP contribution in [0.5, 0.6) is 5.75 Å². The van der Waals surface area contributed by atoms with Gasteiger partial charge in [-0.25, -0.2) is 0 Å². The summed E-state index contributed by atoms with van der Waals surface area (Å²) in [5.41, 5.74) is 0.386. The van der Waals surface area contributed by atoms with Crippen LogP contribution in [0.25, 0.3) is 0 Å². The first-order valence-electron chi connectivity index (χ1n) is 5.83. The maximum absolute atomic E-state index is 12.0. The van der Waals surface area contributed by atoms with Crippen molar-refractivity contribution in [1.82, 2.24) is 4.90 Å². The van der Waals surface area contributed by atoms with Crippen LogP contribution in [0.2, 0.25) is 0 Å². The van der Waals surface area contributed by atoms with Crippen molar-refractivity contribution >= 4 is 16.9 Å². The molecule has 17 heavy (non-hydrogen) atoms. The zero-order chi connectivity index (χ0) is 12.8. The van der Waals surface area contributed by atoms with Crippen molar-refractivity contribution in [3.05, 3.63) is 29.8 Å². The lowest BCUT2D eigenvalue weighted by molar-refractivity contribution is 0.108. The number of nitrogens with zero attached hydrogens (tertiary/aromatic N) is 1. The number of para-hydroxylation sites is 1. The quantitative estimate of drug-likeness (QED) is 0.819. The Morgan fingerprint density at radius 1 is 1.35 bits per heavy atom. The van der Waals surface area contributed by atoms with Crippen LogP contribution in [0.15, 0.2) is 24.3 Å². The van der Waals surface area contributed by atoms with Crippen LogP contribution in [0, 0.1) is 0 Å². The van der Waals surface area contributed by atoms with E-state index in [2.05, 4.69) is 18.7 Å². The smallest absolute Gasteiger partial charge is 0.224 e. The van der Waals surface area contributed by atoms with E-state index in [-0.39, 0.29) is 16.2 Å². The summed E-state index contributed by atoms with van der Waals surface area (Å²) >= 11 is 1.25. The molecule has 0 saturated carbocycles. The van der Waals surface area contributed by atoms with Crippen LogP contribution in [-0.4, -0.2) is 33.6 Å². The molecule has 0 aliphatic heterocycles. The highest BCUT2D eigenvalue weighted by molar-refractivity contribution is 8.14. The maximum Gasteiger partial charge on any atom is 0.224 e. The highest BCUT2D eigenvalue weighted by atomic mass is 32.2. The molecule has 0 radical (unpaired) electrons. The molecule has 94 valence electrons. The lowest BCUT2D eigenvalue weighted by Gasteiger charge is -2.24. The van der Waals surface area contributed by atoms with Crippen LogP contribution in [-0.2, 0) is 0 Å². The van der Waals surface area contributed by atoms with Gasteiger partial charge in [-0.2, -0.15) is 0 Å². The Morgan fingerprint density at radius 2 is 1.94 bits per heavy atom. The SMILES string of the molecule is CCN(CC)[C@H](C)SC(=O)c1ccccc1O. The molecule has 0 spiro atoms. The molecule has 0 fully saturated rings. The van der Waals surface area contributed by atoms with Crippen molar-refractivity contribution in [2.45, 2.75) is 26.1 Å². The fourth-order valence-electron chi connectivity index (χ4n) is 1.68. The van der Waals surface area contributed by atoms with E-state index in [0.29, 0.717) is 5.56 Å². The topological polar surface area (TPSA) is 40.5 Å². The van der Waals surface area contributed by atoms with E-state index in [0.717, 1.165) is 13.1 Å². The van der Waals surface area contributed by atoms with Crippen molar-refractivity contribution in [3.63, 3.8) is 0 Å². The van der Waals surface area contributed by atoms with Crippen LogP contribution in [0.3, 0.4) is 0 Å². The minimum absolute atomic E-state index is 0.0525. The van der Waals surface area contributed by atoms with E-state index in [1.165, 1.54) is 17.8 Å². The summed E-state index contributed by atoms with van der Waals surface area (Å²) in [6, 6.07) is 6.66. The molecule has 0 saturated heterocycles. The fourth-order valence-corrected chi connectivity index (χ4v) is 2.73. The molecule has 1 aromatic carbocycles. The van der Waals surface area contributed by atoms with Crippen molar-refractivity contribution in [1.29, 1.82) is 0 Å². The monoisotopic (exact) mass is 253 g/mol. The van der Waals surface area contributed by atoms with E-state index in [4.69, 9.17) is 0 Å². The molecule has 1 rings (SSSR count). The highest BCUT2D eigenvalue weighted by Gasteiger charge is 2.18. The number of benzene rings is 1. The van der Waals surface area contributed by atoms with Gasteiger partial charge in [-0.3, -0.25) is 9.69 Å². The number of hydrogen-bond acceptors (Lipinski definition) is 4. The number of rotatable bonds is 5. The number of thioether (sulfide) groups is 1. The zero-order valence-electron chi connectivity index (χ0n) is 10.5. The van der Waals surface area contributed by atoms with Crippen LogP contribution in [0.1, 0.15) is 31.1 Å². The Kier molecular flexibility index (Phi) is 5.51. The van der Waals surface area contributed by atoms with Crippen molar-refractivity contribution < 1.29 is 9.90 Å². The Labute approximate surface area is 107 Å². The largest absolute Gasteiger partial charge is 0.507 e. The van der Waals surface area contributed by atoms with E-state index in [1.54, 1.807) is 18.2 Å². The van der Waals surface area contributed by atoms with E-state index < -0.39 is 0 Å². The van der Waals surface area contributed by atoms with Gasteiger partial charge in [0.2, 0.25) is 5.12 Å². The molecule has 0 heterocycles. The molecule has 0 bridgehead atoms. The predicted molar refractivity (Wildman–Crippen MR) is 72.4 cm³/mol. The molecule has 0 aliphatic rings. The second-order valence-corrected chi connectivity index (χ2v) is 5.03. The Balaban J connectivity index is 2.70. The minimum Gasteiger partial charge on any atom is -0.507 e. The molecule has 1 N–H and O–H groups in total. The normalized spacial score (nSPS) is 12.7. The first kappa shape index (κ1) is 14.1. The standard InChI is InChI=1S/C13H19NO2S/c1-4-14(5-2)10(3)17-13(16)11-8-6-7-9-12(11)15/h6-10,15H,4-5H2,1-3H3/t10-/m0/s1. The van der Waals surface area contributed by atoms with Gasteiger partial charge in [-0.15, -0.1) is 0 Å². The third-order valence-electron chi connectivity index (χ3n) is 2.73. The van der Waals surface area contributed by atoms with Gasteiger partial charge < -0.3 is 5.11 Å². The average molecular weight is 253 g/mol. The van der Waals surface area contributed by atoms with Gasteiger partial charge in [0, 0.05) is 0 Å². The summed E-state index contributed by atoms with van der Waals surface area (Å²) in [6.07, 6.45) is 0. The Bertz CT molecular complexity index is 377. The van der Waals surface area contributed by atoms with Crippen LogP contribution < -0.4 is 0 Å². The molecule has 0 amide bonds. The molecular weight excluding hydrogens is 234 g/mol. The average Bonchev–Trinajstić information content (AvgIpc) is 2.31. The summed E-state index contributed by atoms with van der Waals surface area (Å²) in [4.78, 5) is 14.2. The lowest BCUT2D eigenvalue weighted by Crippen LogP contribution is -2.31. The molecule has 1 aromatic rings. The Morgan fingerprint density at radius 3 is 2.47 bits per heavy atom. The van der Waals surface area contributed by atoms with E-state index in [9.17, 15) is 9.90 Å². The van der Waals surface area contributed by atoms with Crippen molar-refractivity contribution in [2.24, 2.45) is 0 Å². The summed E-state index contributed by atoms with van der Waals surface area (Å²) in [7, 11) is 0. The van der Waals surface area contributed by atoms with Gasteiger partial charge in [0.05, 0.1) is 10.9 Å². The predicted octanol–water partition coefficient (Wildman–Crippen LogP) is 2.95. The number of carbonyl (C=O) groups excluding carboxylic acids is 1. The number of hydrogen-bond donors (Lipinski definition) is 1. The van der Waals surface area contributed by atoms with Gasteiger partial charge in [0.1, 0.15) is 5.75 Å². The van der Waals surface area contributed by atoms with Gasteiger partial charge in [0.15, 0.2) is 0 Å². The van der Waals surface area contributed by atoms with Gasteiger partial charge in [-0.1, -0.05) is 37.7 Å². The van der Waals surface area contributed by atoms with Crippen molar-refractivity contribution in [2.75, 3.05) is 13.1 Å². The number of carbonyl (C=O) groups is 1. The lowest BCUT2D eigenvalue weighted by atomic mass is 10.2. The fraction of sp³-hybridized carbons (Fsp3) is 0.462. The highest BCUT2D eigenvalue weighted by Crippen LogP contribution is 2.25. The summed E-state index contributed by atoms with van der Waals surface area (Å²) in [5.74, 6) is 0.0525. The van der Waals surface area contributed by atoms with E-state index in [1.807, 2.05) is 6.92 Å². The molecule has 3 nitrogen and oxygen atoms in total. The zero-order valence-corrected chi connectivity index (χ0v) is 11.3. The molecule has 4 heteroatoms. The minimum atomic E-state index is -0.0810. The second-order valence-electron chi connectivity index (χ2n) is 3.74. The summed E-state index contributed by atoms with van der Waals surface area (Å²) in [5, 5.41) is 9.64. The van der Waals surface area contributed by atoms with Crippen LogP contribution in [0.4, 0.5) is 0 Å². The number of phenolic OH excluding ortho intramolecular Hbond substituents is 1. The van der Waals surface area contributed by atoms with Gasteiger partial charge >= 0.3 is 0 Å². The molecule has 1 atom stereocenters. The van der Waals surface area contributed by atoms with E-state index >= 15 is 0 Å². The third-order valence-corrected chi connectivity index (χ3v) is 3.80. The first-order valence-corrected chi connectivity index (χ1v) is 6.71. The van der Waals surface area contributed by atoms with Gasteiger partial charge in [0.25, 0.3) is 0 Å². The third kappa shape index (κ3) is 3.75. The van der Waals surface area contributed by atoms with Crippen LogP contribution >= 0.6 is 11.8 Å². The molecule has 0 aliphatic carbocycles. The second kappa shape index (κ2) is 6.67. The van der Waals surface area contributed by atoms with Crippen molar-refractivity contribution in [3.8, 4) is 5.75 Å². The van der Waals surface area contributed by atoms with Gasteiger partial charge in [-0.05, 0) is 32.1 Å².